The Bertz CT molecular complexity index is 410. The van der Waals surface area contributed by atoms with Crippen molar-refractivity contribution in [2.45, 2.75) is 46.3 Å². The van der Waals surface area contributed by atoms with Crippen molar-refractivity contribution in [2.24, 2.45) is 5.92 Å². The van der Waals surface area contributed by atoms with Gasteiger partial charge in [0.15, 0.2) is 0 Å². The van der Waals surface area contributed by atoms with Gasteiger partial charge in [0.05, 0.1) is 0 Å². The van der Waals surface area contributed by atoms with Gasteiger partial charge in [-0.05, 0) is 26.7 Å². The minimum Gasteiger partial charge on any atom is -0.444 e. The number of ether oxygens (including phenoxy) is 1. The smallest absolute Gasteiger partial charge is 0.408 e. The number of carbonyl (C=O) groups is 3. The first-order chi connectivity index (χ1) is 10.1. The van der Waals surface area contributed by atoms with Crippen molar-refractivity contribution in [3.63, 3.8) is 0 Å². The summed E-state index contributed by atoms with van der Waals surface area (Å²) in [6, 6.07) is -0.627. The standard InChI is InChI=1S/C15H27N3O4/c1-11(2)12(16-14(21)22-15(3,4)5)13(20)18-8-6-17(10-19)7-9-18/h10-12H,6-9H2,1-5H3,(H,16,21)/t12-/m0/s1. The molecule has 22 heavy (non-hydrogen) atoms. The first-order valence-electron chi connectivity index (χ1n) is 7.61. The average Bonchev–Trinajstić information content (AvgIpc) is 2.42. The average molecular weight is 313 g/mol. The molecule has 0 saturated carbocycles. The Balaban J connectivity index is 2.65. The summed E-state index contributed by atoms with van der Waals surface area (Å²) in [5.74, 6) is -0.185. The third kappa shape index (κ3) is 5.54. The van der Waals surface area contributed by atoms with Crippen molar-refractivity contribution in [3.05, 3.63) is 0 Å². The molecule has 0 aliphatic carbocycles. The summed E-state index contributed by atoms with van der Waals surface area (Å²) in [6.45, 7) is 11.1. The Morgan fingerprint density at radius 1 is 1.14 bits per heavy atom. The van der Waals surface area contributed by atoms with Gasteiger partial charge in [-0.1, -0.05) is 13.8 Å². The van der Waals surface area contributed by atoms with Gasteiger partial charge in [0.2, 0.25) is 12.3 Å². The summed E-state index contributed by atoms with van der Waals surface area (Å²) in [7, 11) is 0. The zero-order chi connectivity index (χ0) is 16.9. The molecule has 3 amide bonds. The lowest BCUT2D eigenvalue weighted by molar-refractivity contribution is -0.138. The van der Waals surface area contributed by atoms with E-state index in [-0.39, 0.29) is 11.8 Å². The van der Waals surface area contributed by atoms with Crippen LogP contribution in [0.3, 0.4) is 0 Å². The highest BCUT2D eigenvalue weighted by molar-refractivity contribution is 5.86. The van der Waals surface area contributed by atoms with Crippen LogP contribution in [-0.2, 0) is 14.3 Å². The molecule has 0 aromatic rings. The third-order valence-corrected chi connectivity index (χ3v) is 3.38. The van der Waals surface area contributed by atoms with Crippen LogP contribution in [0.15, 0.2) is 0 Å². The van der Waals surface area contributed by atoms with Gasteiger partial charge in [-0.15, -0.1) is 0 Å². The molecular formula is C15H27N3O4. The summed E-state index contributed by atoms with van der Waals surface area (Å²) < 4.78 is 5.21. The van der Waals surface area contributed by atoms with Crippen LogP contribution in [0.1, 0.15) is 34.6 Å². The molecule has 1 aliphatic heterocycles. The topological polar surface area (TPSA) is 79.0 Å². The second-order valence-corrected chi connectivity index (χ2v) is 6.83. The molecule has 0 aromatic heterocycles. The maximum atomic E-state index is 12.6. The van der Waals surface area contributed by atoms with E-state index in [1.54, 1.807) is 30.6 Å². The first-order valence-corrected chi connectivity index (χ1v) is 7.61. The zero-order valence-corrected chi connectivity index (χ0v) is 14.1. The van der Waals surface area contributed by atoms with E-state index < -0.39 is 17.7 Å². The summed E-state index contributed by atoms with van der Waals surface area (Å²) in [5.41, 5.74) is -0.607. The summed E-state index contributed by atoms with van der Waals surface area (Å²) >= 11 is 0. The van der Waals surface area contributed by atoms with E-state index >= 15 is 0 Å². The van der Waals surface area contributed by atoms with E-state index in [0.717, 1.165) is 6.41 Å². The molecule has 0 aromatic carbocycles. The van der Waals surface area contributed by atoms with E-state index in [2.05, 4.69) is 5.32 Å². The van der Waals surface area contributed by atoms with Crippen LogP contribution in [-0.4, -0.2) is 66.0 Å². The van der Waals surface area contributed by atoms with Crippen molar-refractivity contribution in [1.82, 2.24) is 15.1 Å². The Morgan fingerprint density at radius 3 is 2.09 bits per heavy atom. The largest absolute Gasteiger partial charge is 0.444 e. The maximum Gasteiger partial charge on any atom is 0.408 e. The maximum absolute atomic E-state index is 12.6. The van der Waals surface area contributed by atoms with E-state index in [1.807, 2.05) is 13.8 Å². The van der Waals surface area contributed by atoms with Crippen LogP contribution in [0.4, 0.5) is 4.79 Å². The lowest BCUT2D eigenvalue weighted by Crippen LogP contribution is -2.56. The lowest BCUT2D eigenvalue weighted by atomic mass is 10.0. The molecule has 1 atom stereocenters. The predicted octanol–water partition coefficient (Wildman–Crippen LogP) is 0.836. The molecule has 0 spiro atoms. The molecule has 7 nitrogen and oxygen atoms in total. The van der Waals surface area contributed by atoms with Crippen LogP contribution in [0.5, 0.6) is 0 Å². The molecule has 1 fully saturated rings. The monoisotopic (exact) mass is 313 g/mol. The Hall–Kier alpha value is -1.79. The van der Waals surface area contributed by atoms with Crippen LogP contribution in [0.2, 0.25) is 0 Å². The molecule has 0 bridgehead atoms. The van der Waals surface area contributed by atoms with Gasteiger partial charge < -0.3 is 19.9 Å². The highest BCUT2D eigenvalue weighted by atomic mass is 16.6. The summed E-state index contributed by atoms with van der Waals surface area (Å²) in [4.78, 5) is 38.5. The van der Waals surface area contributed by atoms with Gasteiger partial charge >= 0.3 is 6.09 Å². The number of amides is 3. The minimum atomic E-state index is -0.627. The van der Waals surface area contributed by atoms with E-state index in [9.17, 15) is 14.4 Å². The van der Waals surface area contributed by atoms with Gasteiger partial charge in [-0.2, -0.15) is 0 Å². The first kappa shape index (κ1) is 18.3. The Kier molecular flexibility index (Phi) is 6.20. The zero-order valence-electron chi connectivity index (χ0n) is 14.1. The SMILES string of the molecule is CC(C)[C@H](NC(=O)OC(C)(C)C)C(=O)N1CCN(C=O)CC1. The number of hydrogen-bond acceptors (Lipinski definition) is 4. The minimum absolute atomic E-state index is 0.0517. The fourth-order valence-electron chi connectivity index (χ4n) is 2.19. The normalized spacial score (nSPS) is 17.2. The van der Waals surface area contributed by atoms with Crippen LogP contribution in [0, 0.1) is 5.92 Å². The number of piperazine rings is 1. The molecule has 0 radical (unpaired) electrons. The van der Waals surface area contributed by atoms with E-state index in [4.69, 9.17) is 4.74 Å². The quantitative estimate of drug-likeness (QED) is 0.780. The van der Waals surface area contributed by atoms with Gasteiger partial charge in [0, 0.05) is 26.2 Å². The number of hydrogen-bond donors (Lipinski definition) is 1. The number of alkyl carbamates (subject to hydrolysis) is 1. The lowest BCUT2D eigenvalue weighted by Gasteiger charge is -2.35. The molecule has 1 rings (SSSR count). The molecule has 0 unspecified atom stereocenters. The summed E-state index contributed by atoms with van der Waals surface area (Å²) in [6.07, 6.45) is 0.201. The highest BCUT2D eigenvalue weighted by Gasteiger charge is 2.31. The predicted molar refractivity (Wildman–Crippen MR) is 82.2 cm³/mol. The Labute approximate surface area is 132 Å². The Morgan fingerprint density at radius 2 is 1.68 bits per heavy atom. The highest BCUT2D eigenvalue weighted by Crippen LogP contribution is 2.12. The molecule has 7 heteroatoms. The fraction of sp³-hybridized carbons (Fsp3) is 0.800. The van der Waals surface area contributed by atoms with Crippen molar-refractivity contribution in [1.29, 1.82) is 0 Å². The van der Waals surface area contributed by atoms with Gasteiger partial charge in [0.25, 0.3) is 0 Å². The van der Waals surface area contributed by atoms with Crippen LogP contribution in [0.25, 0.3) is 0 Å². The van der Waals surface area contributed by atoms with Gasteiger partial charge in [-0.3, -0.25) is 9.59 Å². The van der Waals surface area contributed by atoms with Gasteiger partial charge in [0.1, 0.15) is 11.6 Å². The van der Waals surface area contributed by atoms with Crippen molar-refractivity contribution in [2.75, 3.05) is 26.2 Å². The van der Waals surface area contributed by atoms with Crippen LogP contribution >= 0.6 is 0 Å². The molecule has 126 valence electrons. The third-order valence-electron chi connectivity index (χ3n) is 3.38. The van der Waals surface area contributed by atoms with Crippen molar-refractivity contribution >= 4 is 18.4 Å². The molecular weight excluding hydrogens is 286 g/mol. The van der Waals surface area contributed by atoms with Crippen molar-refractivity contribution in [3.8, 4) is 0 Å². The molecule has 1 N–H and O–H groups in total. The second kappa shape index (κ2) is 7.47. The second-order valence-electron chi connectivity index (χ2n) is 6.83. The number of nitrogens with one attached hydrogen (secondary N) is 1. The van der Waals surface area contributed by atoms with E-state index in [0.29, 0.717) is 26.2 Å². The van der Waals surface area contributed by atoms with E-state index in [1.165, 1.54) is 0 Å². The number of rotatable bonds is 4. The fourth-order valence-corrected chi connectivity index (χ4v) is 2.19. The molecule has 1 saturated heterocycles. The number of carbonyl (C=O) groups excluding carboxylic acids is 3. The number of nitrogens with zero attached hydrogens (tertiary/aromatic N) is 2. The van der Waals surface area contributed by atoms with Crippen molar-refractivity contribution < 1.29 is 19.1 Å². The molecule has 1 heterocycles. The molecule has 1 aliphatic rings. The van der Waals surface area contributed by atoms with Gasteiger partial charge in [-0.25, -0.2) is 4.79 Å². The summed E-state index contributed by atoms with van der Waals surface area (Å²) in [5, 5.41) is 2.66. The van der Waals surface area contributed by atoms with Crippen LogP contribution < -0.4 is 5.32 Å².